The molecule has 2 aliphatic rings. The van der Waals surface area contributed by atoms with Crippen LogP contribution in [0.15, 0.2) is 18.3 Å². The van der Waals surface area contributed by atoms with E-state index in [-0.39, 0.29) is 5.91 Å². The standard InChI is InChI=1S/C14H17FN2O2/c15-13-4-1-11(7-16-13)14(18)17(12-2-3-12)8-10-5-6-19-9-10/h1,4,7,10,12H,2-3,5-6,8-9H2. The zero-order chi connectivity index (χ0) is 13.2. The lowest BCUT2D eigenvalue weighted by Crippen LogP contribution is -2.37. The summed E-state index contributed by atoms with van der Waals surface area (Å²) in [5.41, 5.74) is 0.465. The van der Waals surface area contributed by atoms with E-state index in [4.69, 9.17) is 4.74 Å². The molecule has 1 aliphatic carbocycles. The number of hydrogen-bond donors (Lipinski definition) is 0. The molecule has 1 aromatic heterocycles. The van der Waals surface area contributed by atoms with Gasteiger partial charge in [0.1, 0.15) is 0 Å². The van der Waals surface area contributed by atoms with Crippen LogP contribution in [-0.4, -0.2) is 41.6 Å². The van der Waals surface area contributed by atoms with Crippen LogP contribution in [0.4, 0.5) is 4.39 Å². The van der Waals surface area contributed by atoms with Gasteiger partial charge in [0.2, 0.25) is 5.95 Å². The van der Waals surface area contributed by atoms with Gasteiger partial charge in [-0.1, -0.05) is 0 Å². The van der Waals surface area contributed by atoms with E-state index in [1.807, 2.05) is 4.90 Å². The van der Waals surface area contributed by atoms with E-state index in [0.29, 0.717) is 17.5 Å². The Labute approximate surface area is 111 Å². The molecule has 1 aliphatic heterocycles. The maximum absolute atomic E-state index is 12.8. The molecule has 1 amide bonds. The molecule has 0 N–H and O–H groups in total. The minimum atomic E-state index is -0.557. The summed E-state index contributed by atoms with van der Waals surface area (Å²) in [6, 6.07) is 3.08. The third kappa shape index (κ3) is 2.92. The second kappa shape index (κ2) is 5.25. The van der Waals surface area contributed by atoms with E-state index in [1.165, 1.54) is 18.3 Å². The fourth-order valence-electron chi connectivity index (χ4n) is 2.46. The molecule has 1 aromatic rings. The first-order valence-electron chi connectivity index (χ1n) is 6.74. The van der Waals surface area contributed by atoms with Crippen LogP contribution in [0.3, 0.4) is 0 Å². The minimum absolute atomic E-state index is 0.0399. The summed E-state index contributed by atoms with van der Waals surface area (Å²) in [5.74, 6) is -0.168. The lowest BCUT2D eigenvalue weighted by Gasteiger charge is -2.25. The van der Waals surface area contributed by atoms with Gasteiger partial charge in [-0.2, -0.15) is 4.39 Å². The summed E-state index contributed by atoms with van der Waals surface area (Å²) < 4.78 is 18.2. The summed E-state index contributed by atoms with van der Waals surface area (Å²) in [6.45, 7) is 2.26. The Kier molecular flexibility index (Phi) is 3.46. The maximum atomic E-state index is 12.8. The number of ether oxygens (including phenoxy) is 1. The number of halogens is 1. The third-order valence-electron chi connectivity index (χ3n) is 3.70. The second-order valence-electron chi connectivity index (χ2n) is 5.29. The normalized spacial score (nSPS) is 22.5. The molecular formula is C14H17FN2O2. The largest absolute Gasteiger partial charge is 0.381 e. The van der Waals surface area contributed by atoms with Crippen LogP contribution in [0.2, 0.25) is 0 Å². The van der Waals surface area contributed by atoms with Gasteiger partial charge in [0.25, 0.3) is 5.91 Å². The zero-order valence-electron chi connectivity index (χ0n) is 10.7. The van der Waals surface area contributed by atoms with Gasteiger partial charge >= 0.3 is 0 Å². The van der Waals surface area contributed by atoms with E-state index in [2.05, 4.69) is 4.98 Å². The zero-order valence-corrected chi connectivity index (χ0v) is 10.7. The quantitative estimate of drug-likeness (QED) is 0.780. The van der Waals surface area contributed by atoms with Crippen LogP contribution in [0.25, 0.3) is 0 Å². The highest BCUT2D eigenvalue weighted by atomic mass is 19.1. The van der Waals surface area contributed by atoms with Crippen LogP contribution in [0, 0.1) is 11.9 Å². The van der Waals surface area contributed by atoms with Gasteiger partial charge in [-0.05, 0) is 31.4 Å². The lowest BCUT2D eigenvalue weighted by atomic mass is 10.1. The molecule has 0 bridgehead atoms. The van der Waals surface area contributed by atoms with Crippen molar-refractivity contribution in [3.63, 3.8) is 0 Å². The van der Waals surface area contributed by atoms with E-state index in [9.17, 15) is 9.18 Å². The Morgan fingerprint density at radius 1 is 1.42 bits per heavy atom. The molecule has 3 rings (SSSR count). The second-order valence-corrected chi connectivity index (χ2v) is 5.29. The Bertz CT molecular complexity index is 453. The van der Waals surface area contributed by atoms with Gasteiger partial charge in [-0.25, -0.2) is 4.98 Å². The molecule has 0 radical (unpaired) electrons. The Morgan fingerprint density at radius 3 is 2.84 bits per heavy atom. The molecule has 0 spiro atoms. The average molecular weight is 264 g/mol. The number of carbonyl (C=O) groups is 1. The minimum Gasteiger partial charge on any atom is -0.381 e. The van der Waals surface area contributed by atoms with Gasteiger partial charge in [0.05, 0.1) is 12.2 Å². The topological polar surface area (TPSA) is 42.4 Å². The number of amides is 1. The Morgan fingerprint density at radius 2 is 2.26 bits per heavy atom. The van der Waals surface area contributed by atoms with Gasteiger partial charge < -0.3 is 9.64 Å². The van der Waals surface area contributed by atoms with Crippen LogP contribution in [-0.2, 0) is 4.74 Å². The predicted molar refractivity (Wildman–Crippen MR) is 67.2 cm³/mol. The first-order valence-corrected chi connectivity index (χ1v) is 6.74. The SMILES string of the molecule is O=C(c1ccc(F)nc1)N(CC1CCOC1)C1CC1. The van der Waals surface area contributed by atoms with Crippen molar-refractivity contribution in [2.75, 3.05) is 19.8 Å². The first-order chi connectivity index (χ1) is 9.24. The van der Waals surface area contributed by atoms with Crippen molar-refractivity contribution in [3.8, 4) is 0 Å². The van der Waals surface area contributed by atoms with Crippen molar-refractivity contribution in [2.45, 2.75) is 25.3 Å². The highest BCUT2D eigenvalue weighted by Gasteiger charge is 2.35. The molecule has 5 heteroatoms. The number of rotatable bonds is 4. The number of carbonyl (C=O) groups excluding carboxylic acids is 1. The summed E-state index contributed by atoms with van der Waals surface area (Å²) in [7, 11) is 0. The van der Waals surface area contributed by atoms with E-state index < -0.39 is 5.95 Å². The van der Waals surface area contributed by atoms with Gasteiger partial charge in [0, 0.05) is 31.3 Å². The lowest BCUT2D eigenvalue weighted by molar-refractivity contribution is 0.0705. The number of hydrogen-bond acceptors (Lipinski definition) is 3. The van der Waals surface area contributed by atoms with Crippen LogP contribution < -0.4 is 0 Å². The van der Waals surface area contributed by atoms with Crippen molar-refractivity contribution in [3.05, 3.63) is 29.8 Å². The maximum Gasteiger partial charge on any atom is 0.255 e. The highest BCUT2D eigenvalue weighted by molar-refractivity contribution is 5.94. The molecule has 1 saturated heterocycles. The fourth-order valence-corrected chi connectivity index (χ4v) is 2.46. The van der Waals surface area contributed by atoms with Crippen molar-refractivity contribution in [1.29, 1.82) is 0 Å². The molecule has 2 fully saturated rings. The average Bonchev–Trinajstić information content (AvgIpc) is 3.13. The van der Waals surface area contributed by atoms with Crippen molar-refractivity contribution >= 4 is 5.91 Å². The number of nitrogens with zero attached hydrogens (tertiary/aromatic N) is 2. The molecule has 4 nitrogen and oxygen atoms in total. The first kappa shape index (κ1) is 12.5. The highest BCUT2D eigenvalue weighted by Crippen LogP contribution is 2.30. The number of aromatic nitrogens is 1. The van der Waals surface area contributed by atoms with E-state index >= 15 is 0 Å². The predicted octanol–water partition coefficient (Wildman–Crippen LogP) is 1.86. The molecule has 1 unspecified atom stereocenters. The third-order valence-corrected chi connectivity index (χ3v) is 3.70. The molecule has 2 heterocycles. The van der Waals surface area contributed by atoms with E-state index in [1.54, 1.807) is 0 Å². The number of pyridine rings is 1. The van der Waals surface area contributed by atoms with Crippen LogP contribution in [0.1, 0.15) is 29.6 Å². The Hall–Kier alpha value is -1.49. The van der Waals surface area contributed by atoms with Crippen molar-refractivity contribution < 1.29 is 13.9 Å². The Balaban J connectivity index is 1.71. The summed E-state index contributed by atoms with van der Waals surface area (Å²) in [4.78, 5) is 17.9. The molecule has 1 atom stereocenters. The molecule has 19 heavy (non-hydrogen) atoms. The molecule has 1 saturated carbocycles. The summed E-state index contributed by atoms with van der Waals surface area (Å²) >= 11 is 0. The molecular weight excluding hydrogens is 247 g/mol. The van der Waals surface area contributed by atoms with Crippen LogP contribution in [0.5, 0.6) is 0 Å². The molecule has 0 aromatic carbocycles. The van der Waals surface area contributed by atoms with Crippen LogP contribution >= 0.6 is 0 Å². The summed E-state index contributed by atoms with van der Waals surface area (Å²) in [5, 5.41) is 0. The fraction of sp³-hybridized carbons (Fsp3) is 0.571. The summed E-state index contributed by atoms with van der Waals surface area (Å²) in [6.07, 6.45) is 4.46. The van der Waals surface area contributed by atoms with Gasteiger partial charge in [0.15, 0.2) is 0 Å². The smallest absolute Gasteiger partial charge is 0.255 e. The van der Waals surface area contributed by atoms with Crippen molar-refractivity contribution in [1.82, 2.24) is 9.88 Å². The van der Waals surface area contributed by atoms with Gasteiger partial charge in [-0.15, -0.1) is 0 Å². The molecule has 102 valence electrons. The monoisotopic (exact) mass is 264 g/mol. The van der Waals surface area contributed by atoms with E-state index in [0.717, 1.165) is 39.0 Å². The van der Waals surface area contributed by atoms with Crippen molar-refractivity contribution in [2.24, 2.45) is 5.92 Å². The van der Waals surface area contributed by atoms with Gasteiger partial charge in [-0.3, -0.25) is 4.79 Å².